The molecule has 3 saturated carbocycles. The van der Waals surface area contributed by atoms with Crippen molar-refractivity contribution in [3.63, 3.8) is 0 Å². The summed E-state index contributed by atoms with van der Waals surface area (Å²) in [5.41, 5.74) is -0.416. The van der Waals surface area contributed by atoms with Crippen LogP contribution in [0.5, 0.6) is 0 Å². The number of aliphatic carboxylic acids is 1. The molecule has 7 atom stereocenters. The molecule has 0 aromatic heterocycles. The van der Waals surface area contributed by atoms with E-state index in [4.69, 9.17) is 9.84 Å². The molecule has 2 heterocycles. The van der Waals surface area contributed by atoms with Gasteiger partial charge in [-0.3, -0.25) is 19.2 Å². The van der Waals surface area contributed by atoms with Gasteiger partial charge in [0.05, 0.1) is 0 Å². The summed E-state index contributed by atoms with van der Waals surface area (Å²) in [4.78, 5) is 48.0. The van der Waals surface area contributed by atoms with Crippen LogP contribution in [0.3, 0.4) is 0 Å². The molecule has 8 heteroatoms. The molecule has 2 spiro atoms. The molecule has 2 N–H and O–H groups in total. The molecule has 174 valence electrons. The first-order chi connectivity index (χ1) is 15.1. The van der Waals surface area contributed by atoms with E-state index in [0.717, 1.165) is 36.6 Å². The van der Waals surface area contributed by atoms with E-state index in [2.05, 4.69) is 0 Å². The number of fused-ring (bicyclic) bond motifs is 3. The van der Waals surface area contributed by atoms with Crippen LogP contribution in [0.1, 0.15) is 64.7 Å². The highest BCUT2D eigenvalue weighted by atomic mass is 32.2. The molecule has 0 amide bonds. The van der Waals surface area contributed by atoms with Gasteiger partial charge < -0.3 is 14.9 Å². The number of carbonyl (C=O) groups excluding carboxylic acids is 3. The lowest BCUT2D eigenvalue weighted by molar-refractivity contribution is -0.200. The number of hydrogen-bond donors (Lipinski definition) is 2. The Morgan fingerprint density at radius 1 is 1.19 bits per heavy atom. The third kappa shape index (κ3) is 2.91. The number of carbonyl (C=O) groups is 4. The van der Waals surface area contributed by atoms with Crippen molar-refractivity contribution < 1.29 is 34.1 Å². The van der Waals surface area contributed by atoms with Crippen LogP contribution in [0.15, 0.2) is 11.6 Å². The van der Waals surface area contributed by atoms with E-state index in [1.54, 1.807) is 6.08 Å². The van der Waals surface area contributed by atoms with Gasteiger partial charge in [0.2, 0.25) is 0 Å². The van der Waals surface area contributed by atoms with Gasteiger partial charge in [0.25, 0.3) is 0 Å². The second-order valence-electron chi connectivity index (χ2n) is 10.5. The van der Waals surface area contributed by atoms with Crippen molar-refractivity contribution >= 4 is 34.6 Å². The van der Waals surface area contributed by atoms with Gasteiger partial charge >= 0.3 is 11.9 Å². The quantitative estimate of drug-likeness (QED) is 0.483. The Morgan fingerprint density at radius 3 is 2.66 bits per heavy atom. The number of ether oxygens (including phenoxy) is 1. The predicted molar refractivity (Wildman–Crippen MR) is 115 cm³/mol. The van der Waals surface area contributed by atoms with Crippen LogP contribution >= 0.6 is 11.8 Å². The normalized spacial score (nSPS) is 44.6. The minimum atomic E-state index is -1.43. The zero-order valence-electron chi connectivity index (χ0n) is 18.3. The molecule has 7 nitrogen and oxygen atoms in total. The highest BCUT2D eigenvalue weighted by Crippen LogP contribution is 2.71. The summed E-state index contributed by atoms with van der Waals surface area (Å²) >= 11 is 0.884. The van der Waals surface area contributed by atoms with Crippen LogP contribution in [0.25, 0.3) is 0 Å². The maximum atomic E-state index is 13.6. The van der Waals surface area contributed by atoms with Crippen molar-refractivity contribution in [2.75, 3.05) is 6.61 Å². The third-order valence-electron chi connectivity index (χ3n) is 9.28. The molecule has 2 unspecified atom stereocenters. The van der Waals surface area contributed by atoms with Crippen molar-refractivity contribution in [1.29, 1.82) is 0 Å². The van der Waals surface area contributed by atoms with Gasteiger partial charge in [-0.05, 0) is 75.2 Å². The lowest BCUT2D eigenvalue weighted by Crippen LogP contribution is -2.63. The van der Waals surface area contributed by atoms with E-state index < -0.39 is 27.7 Å². The van der Waals surface area contributed by atoms with Crippen LogP contribution < -0.4 is 0 Å². The highest BCUT2D eigenvalue weighted by Gasteiger charge is 2.73. The number of carboxylic acid groups (broad SMARTS) is 1. The smallest absolute Gasteiger partial charge is 0.316 e. The van der Waals surface area contributed by atoms with Crippen LogP contribution in [-0.2, 0) is 23.9 Å². The van der Waals surface area contributed by atoms with Gasteiger partial charge in [0, 0.05) is 24.7 Å². The largest absolute Gasteiger partial charge is 0.481 e. The Labute approximate surface area is 191 Å². The zero-order chi connectivity index (χ0) is 22.9. The summed E-state index contributed by atoms with van der Waals surface area (Å²) in [5.74, 6) is -1.27. The van der Waals surface area contributed by atoms with E-state index >= 15 is 0 Å². The van der Waals surface area contributed by atoms with Gasteiger partial charge in [-0.25, -0.2) is 0 Å². The predicted octanol–water partition coefficient (Wildman–Crippen LogP) is 3.09. The zero-order valence-corrected chi connectivity index (χ0v) is 19.1. The maximum Gasteiger partial charge on any atom is 0.316 e. The molecule has 4 bridgehead atoms. The lowest BCUT2D eigenvalue weighted by atomic mass is 9.45. The number of rotatable bonds is 4. The van der Waals surface area contributed by atoms with E-state index in [-0.39, 0.29) is 47.6 Å². The molecule has 6 rings (SSSR count). The van der Waals surface area contributed by atoms with Crippen molar-refractivity contribution in [2.45, 2.75) is 69.6 Å². The minimum Gasteiger partial charge on any atom is -0.481 e. The van der Waals surface area contributed by atoms with Gasteiger partial charge in [-0.1, -0.05) is 17.3 Å². The number of carboxylic acids is 1. The lowest BCUT2D eigenvalue weighted by Gasteiger charge is -2.61. The average molecular weight is 463 g/mol. The van der Waals surface area contributed by atoms with Gasteiger partial charge in [0.1, 0.15) is 17.0 Å². The highest BCUT2D eigenvalue weighted by molar-refractivity contribution is 8.14. The fourth-order valence-corrected chi connectivity index (χ4v) is 9.31. The number of hydrogen-bond acceptors (Lipinski definition) is 7. The summed E-state index contributed by atoms with van der Waals surface area (Å²) in [5, 5.41) is 20.5. The van der Waals surface area contributed by atoms with Crippen LogP contribution in [0, 0.1) is 34.5 Å². The Kier molecular flexibility index (Phi) is 5.13. The fourth-order valence-electron chi connectivity index (χ4n) is 8.09. The second-order valence-corrected chi connectivity index (χ2v) is 11.9. The summed E-state index contributed by atoms with van der Waals surface area (Å²) in [6.07, 6.45) is 6.45. The maximum absolute atomic E-state index is 13.6. The summed E-state index contributed by atoms with van der Waals surface area (Å²) in [6, 6.07) is 0. The first-order valence-electron chi connectivity index (χ1n) is 11.7. The van der Waals surface area contributed by atoms with Gasteiger partial charge in [0.15, 0.2) is 10.9 Å². The Hall–Kier alpha value is -1.67. The third-order valence-corrected chi connectivity index (χ3v) is 10.5. The molecule has 2 aliphatic heterocycles. The summed E-state index contributed by atoms with van der Waals surface area (Å²) in [6.45, 7) is 1.60. The van der Waals surface area contributed by atoms with E-state index in [1.165, 1.54) is 6.92 Å². The minimum absolute atomic E-state index is 0.00281. The van der Waals surface area contributed by atoms with Gasteiger partial charge in [-0.15, -0.1) is 0 Å². The van der Waals surface area contributed by atoms with Gasteiger partial charge in [-0.2, -0.15) is 0 Å². The van der Waals surface area contributed by atoms with Crippen molar-refractivity contribution in [3.8, 4) is 0 Å². The molecule has 0 aromatic rings. The van der Waals surface area contributed by atoms with Crippen molar-refractivity contribution in [1.82, 2.24) is 0 Å². The number of thioether (sulfide) groups is 1. The molecule has 32 heavy (non-hydrogen) atoms. The summed E-state index contributed by atoms with van der Waals surface area (Å²) < 4.78 is 5.96. The molecule has 4 aliphatic carbocycles. The SMILES string of the molecule is CC(=O)S[C@]1(O)CC[C@H]2[C@@H]3CCC4=CC(=O)C(CCC(=O)O)C[C@@]45COC(=O)[C@]21CCC35. The van der Waals surface area contributed by atoms with Crippen molar-refractivity contribution in [3.05, 3.63) is 11.6 Å². The molecule has 0 radical (unpaired) electrons. The Balaban J connectivity index is 1.54. The van der Waals surface area contributed by atoms with E-state index in [0.29, 0.717) is 32.1 Å². The molecular weight excluding hydrogens is 432 g/mol. The van der Waals surface area contributed by atoms with E-state index in [1.807, 2.05) is 0 Å². The first kappa shape index (κ1) is 22.1. The standard InChI is InChI=1S/C24H30O7S/c1-13(25)32-24(30)9-7-18-16-4-3-15-10-19(26)14(2-5-20(27)28)11-22(15)12-31-21(29)23(18,24)8-6-17(16)22/h10,14,16-18,30H,2-9,11-12H2,1H3,(H,27,28)/t14?,16-,17?,18+,22-,23+,24-/m1/s1. The molecule has 0 aromatic carbocycles. The fraction of sp³-hybridized carbons (Fsp3) is 0.750. The van der Waals surface area contributed by atoms with Crippen molar-refractivity contribution in [2.24, 2.45) is 34.5 Å². The molecular formula is C24H30O7S. The Bertz CT molecular complexity index is 927. The van der Waals surface area contributed by atoms with Crippen LogP contribution in [0.2, 0.25) is 0 Å². The molecule has 2 saturated heterocycles. The average Bonchev–Trinajstić information content (AvgIpc) is 3.02. The number of ketones is 1. The monoisotopic (exact) mass is 462 g/mol. The topological polar surface area (TPSA) is 118 Å². The molecule has 5 fully saturated rings. The number of esters is 1. The second kappa shape index (κ2) is 7.42. The number of aliphatic hydroxyl groups is 1. The van der Waals surface area contributed by atoms with E-state index in [9.17, 15) is 24.3 Å². The van der Waals surface area contributed by atoms with Crippen LogP contribution in [0.4, 0.5) is 0 Å². The van der Waals surface area contributed by atoms with Crippen LogP contribution in [-0.4, -0.2) is 44.6 Å². The molecule has 6 aliphatic rings. The summed E-state index contributed by atoms with van der Waals surface area (Å²) in [7, 11) is 0. The Morgan fingerprint density at radius 2 is 1.94 bits per heavy atom. The first-order valence-corrected chi connectivity index (χ1v) is 12.5.